The molecule has 2 aliphatic heterocycles. The van der Waals surface area contributed by atoms with Crippen LogP contribution in [0.4, 0.5) is 11.8 Å². The summed E-state index contributed by atoms with van der Waals surface area (Å²) < 4.78 is 6.17. The molecule has 2 aromatic rings. The maximum Gasteiger partial charge on any atom is 0.225 e. The van der Waals surface area contributed by atoms with Crippen LogP contribution in [-0.4, -0.2) is 51.3 Å². The third-order valence-electron chi connectivity index (χ3n) is 4.82. The molecule has 0 amide bonds. The molecule has 0 saturated carbocycles. The molecule has 2 atom stereocenters. The molecule has 0 aromatic carbocycles. The Balaban J connectivity index is 1.39. The summed E-state index contributed by atoms with van der Waals surface area (Å²) in [6.45, 7) is 4.58. The summed E-state index contributed by atoms with van der Waals surface area (Å²) in [7, 11) is 0. The molecule has 0 aliphatic carbocycles. The molecule has 2 aromatic heterocycles. The molecule has 2 aliphatic rings. The number of aromatic nitrogens is 4. The van der Waals surface area contributed by atoms with Crippen LogP contribution in [0.3, 0.4) is 0 Å². The molecule has 1 N–H and O–H groups in total. The molecule has 1 spiro atoms. The van der Waals surface area contributed by atoms with E-state index in [0.717, 1.165) is 49.7 Å². The summed E-state index contributed by atoms with van der Waals surface area (Å²) in [5.74, 6) is 1.61. The predicted molar refractivity (Wildman–Crippen MR) is 91.0 cm³/mol. The molecule has 7 heteroatoms. The van der Waals surface area contributed by atoms with Crippen molar-refractivity contribution in [2.45, 2.75) is 37.8 Å². The number of aryl methyl sites for hydroxylation is 1. The largest absolute Gasteiger partial charge is 0.371 e. The minimum absolute atomic E-state index is 0.105. The van der Waals surface area contributed by atoms with Gasteiger partial charge in [-0.15, -0.1) is 0 Å². The Morgan fingerprint density at radius 1 is 1.25 bits per heavy atom. The first kappa shape index (κ1) is 15.3. The zero-order chi connectivity index (χ0) is 16.4. The van der Waals surface area contributed by atoms with Crippen LogP contribution in [0.15, 0.2) is 31.0 Å². The fraction of sp³-hybridized carbons (Fsp3) is 0.529. The van der Waals surface area contributed by atoms with Crippen LogP contribution in [0.2, 0.25) is 0 Å². The van der Waals surface area contributed by atoms with E-state index < -0.39 is 0 Å². The quantitative estimate of drug-likeness (QED) is 0.916. The molecule has 0 bridgehead atoms. The van der Waals surface area contributed by atoms with Crippen LogP contribution in [0.5, 0.6) is 0 Å². The van der Waals surface area contributed by atoms with Crippen molar-refractivity contribution in [1.82, 2.24) is 19.9 Å². The third-order valence-corrected chi connectivity index (χ3v) is 4.82. The Kier molecular flexibility index (Phi) is 4.02. The van der Waals surface area contributed by atoms with E-state index >= 15 is 0 Å². The number of ether oxygens (including phenoxy) is 1. The van der Waals surface area contributed by atoms with Crippen molar-refractivity contribution in [3.05, 3.63) is 36.5 Å². The van der Waals surface area contributed by atoms with E-state index in [-0.39, 0.29) is 11.6 Å². The van der Waals surface area contributed by atoms with Gasteiger partial charge in [-0.2, -0.15) is 0 Å². The highest BCUT2D eigenvalue weighted by Crippen LogP contribution is 2.37. The average Bonchev–Trinajstić information content (AvgIpc) is 3.23. The maximum atomic E-state index is 6.17. The third kappa shape index (κ3) is 3.03. The summed E-state index contributed by atoms with van der Waals surface area (Å²) in [5, 5.41) is 3.41. The number of nitrogens with one attached hydrogen (secondary N) is 1. The molecule has 4 rings (SSSR count). The van der Waals surface area contributed by atoms with E-state index in [1.807, 2.05) is 12.4 Å². The molecule has 126 valence electrons. The minimum Gasteiger partial charge on any atom is -0.371 e. The second-order valence-electron chi connectivity index (χ2n) is 6.55. The van der Waals surface area contributed by atoms with Crippen molar-refractivity contribution >= 4 is 11.8 Å². The number of rotatable bonds is 4. The molecular formula is C17H22N6O. The highest BCUT2D eigenvalue weighted by Gasteiger charge is 2.46. The zero-order valence-electron chi connectivity index (χ0n) is 13.9. The van der Waals surface area contributed by atoms with E-state index in [1.54, 1.807) is 18.6 Å². The topological polar surface area (TPSA) is 76.1 Å². The Bertz CT molecular complexity index is 679. The highest BCUT2D eigenvalue weighted by molar-refractivity contribution is 5.36. The maximum absolute atomic E-state index is 6.17. The Hall–Kier alpha value is -2.28. The van der Waals surface area contributed by atoms with Crippen molar-refractivity contribution in [2.75, 3.05) is 29.9 Å². The van der Waals surface area contributed by atoms with Crippen LogP contribution >= 0.6 is 0 Å². The minimum atomic E-state index is -0.105. The molecule has 0 unspecified atom stereocenters. The van der Waals surface area contributed by atoms with Gasteiger partial charge in [0.15, 0.2) is 0 Å². The lowest BCUT2D eigenvalue weighted by Crippen LogP contribution is -2.34. The van der Waals surface area contributed by atoms with Gasteiger partial charge in [-0.25, -0.2) is 15.0 Å². The first-order chi connectivity index (χ1) is 11.8. The lowest BCUT2D eigenvalue weighted by Gasteiger charge is -2.23. The van der Waals surface area contributed by atoms with Gasteiger partial charge in [0, 0.05) is 37.8 Å². The smallest absolute Gasteiger partial charge is 0.225 e. The molecule has 2 saturated heterocycles. The van der Waals surface area contributed by atoms with Gasteiger partial charge in [0.05, 0.1) is 31.0 Å². The van der Waals surface area contributed by atoms with Crippen molar-refractivity contribution in [3.63, 3.8) is 0 Å². The van der Waals surface area contributed by atoms with Gasteiger partial charge in [-0.1, -0.05) is 6.92 Å². The first-order valence-corrected chi connectivity index (χ1v) is 8.49. The van der Waals surface area contributed by atoms with Gasteiger partial charge in [0.2, 0.25) is 5.95 Å². The monoisotopic (exact) mass is 326 g/mol. The number of hydrogen-bond donors (Lipinski definition) is 1. The van der Waals surface area contributed by atoms with E-state index in [9.17, 15) is 0 Å². The Morgan fingerprint density at radius 3 is 2.88 bits per heavy atom. The van der Waals surface area contributed by atoms with Gasteiger partial charge in [-0.05, 0) is 18.4 Å². The fourth-order valence-corrected chi connectivity index (χ4v) is 3.51. The SMILES string of the molecule is CCc1cnc(N2CC[C@@]3(C[C@@H](Nc4cnccn4)CO3)C2)nc1. The molecule has 2 fully saturated rings. The van der Waals surface area contributed by atoms with E-state index in [2.05, 4.69) is 37.1 Å². The van der Waals surface area contributed by atoms with Gasteiger partial charge < -0.3 is 15.0 Å². The van der Waals surface area contributed by atoms with Crippen LogP contribution in [0.25, 0.3) is 0 Å². The molecule has 0 radical (unpaired) electrons. The van der Waals surface area contributed by atoms with Crippen molar-refractivity contribution < 1.29 is 4.74 Å². The van der Waals surface area contributed by atoms with Crippen molar-refractivity contribution in [1.29, 1.82) is 0 Å². The standard InChI is InChI=1S/C17H22N6O/c1-2-13-8-20-16(21-9-13)23-6-3-17(12-23)7-14(11-24-17)22-15-10-18-4-5-19-15/h4-5,8-10,14H,2-3,6-7,11-12H2,1H3,(H,19,22)/t14-,17-/m1/s1. The molecular weight excluding hydrogens is 304 g/mol. The van der Waals surface area contributed by atoms with Gasteiger partial charge in [-0.3, -0.25) is 4.98 Å². The number of hydrogen-bond acceptors (Lipinski definition) is 7. The van der Waals surface area contributed by atoms with Gasteiger partial charge in [0.1, 0.15) is 5.82 Å². The molecule has 7 nitrogen and oxygen atoms in total. The summed E-state index contributed by atoms with van der Waals surface area (Å²) in [6, 6.07) is 0.269. The zero-order valence-corrected chi connectivity index (χ0v) is 13.9. The van der Waals surface area contributed by atoms with Crippen molar-refractivity contribution in [3.8, 4) is 0 Å². The molecule has 24 heavy (non-hydrogen) atoms. The average molecular weight is 326 g/mol. The van der Waals surface area contributed by atoms with Crippen LogP contribution in [-0.2, 0) is 11.2 Å². The Morgan fingerprint density at radius 2 is 2.12 bits per heavy atom. The number of nitrogens with zero attached hydrogens (tertiary/aromatic N) is 5. The highest BCUT2D eigenvalue weighted by atomic mass is 16.5. The summed E-state index contributed by atoms with van der Waals surface area (Å²) in [6.07, 6.45) is 11.9. The van der Waals surface area contributed by atoms with E-state index in [1.165, 1.54) is 0 Å². The van der Waals surface area contributed by atoms with Gasteiger partial charge in [0.25, 0.3) is 0 Å². The van der Waals surface area contributed by atoms with Crippen molar-refractivity contribution in [2.24, 2.45) is 0 Å². The second kappa shape index (κ2) is 6.32. The summed E-state index contributed by atoms with van der Waals surface area (Å²) in [4.78, 5) is 19.6. The second-order valence-corrected chi connectivity index (χ2v) is 6.55. The number of anilines is 2. The summed E-state index contributed by atoms with van der Waals surface area (Å²) in [5.41, 5.74) is 1.06. The van der Waals surface area contributed by atoms with Crippen LogP contribution in [0, 0.1) is 0 Å². The normalized spacial score (nSPS) is 26.2. The fourth-order valence-electron chi connectivity index (χ4n) is 3.51. The lowest BCUT2D eigenvalue weighted by atomic mass is 9.97. The first-order valence-electron chi connectivity index (χ1n) is 8.49. The van der Waals surface area contributed by atoms with Crippen LogP contribution in [0.1, 0.15) is 25.3 Å². The predicted octanol–water partition coefficient (Wildman–Crippen LogP) is 1.68. The van der Waals surface area contributed by atoms with E-state index in [0.29, 0.717) is 6.61 Å². The summed E-state index contributed by atoms with van der Waals surface area (Å²) >= 11 is 0. The van der Waals surface area contributed by atoms with Crippen LogP contribution < -0.4 is 10.2 Å². The van der Waals surface area contributed by atoms with Gasteiger partial charge >= 0.3 is 0 Å². The van der Waals surface area contributed by atoms with E-state index in [4.69, 9.17) is 4.74 Å². The lowest BCUT2D eigenvalue weighted by molar-refractivity contribution is 0.0228. The molecule has 4 heterocycles. The Labute approximate surface area is 141 Å².